The molecule has 3 aromatic heterocycles. The predicted octanol–water partition coefficient (Wildman–Crippen LogP) is 1.65. The number of carbonyl (C=O) groups is 1. The van der Waals surface area contributed by atoms with Crippen LogP contribution in [0.15, 0.2) is 57.8 Å². The van der Waals surface area contributed by atoms with Gasteiger partial charge in [-0.3, -0.25) is 9.78 Å². The maximum atomic E-state index is 12.7. The molecule has 1 amide bonds. The molecule has 0 bridgehead atoms. The highest BCUT2D eigenvalue weighted by atomic mass is 16.5. The zero-order valence-corrected chi connectivity index (χ0v) is 19.3. The third-order valence-electron chi connectivity index (χ3n) is 6.24. The molecule has 1 N–H and O–H groups in total. The molecule has 12 nitrogen and oxygen atoms in total. The van der Waals surface area contributed by atoms with Crippen LogP contribution in [0.4, 0.5) is 0 Å². The van der Waals surface area contributed by atoms with E-state index in [0.29, 0.717) is 66.6 Å². The third-order valence-corrected chi connectivity index (χ3v) is 6.24. The molecule has 3 aromatic rings. The molecule has 1 saturated heterocycles. The Kier molecular flexibility index (Phi) is 5.87. The van der Waals surface area contributed by atoms with Crippen molar-refractivity contribution in [1.29, 1.82) is 0 Å². The van der Waals surface area contributed by atoms with Gasteiger partial charge in [-0.1, -0.05) is 23.4 Å². The molecule has 1 atom stereocenters. The van der Waals surface area contributed by atoms with Gasteiger partial charge in [0.2, 0.25) is 11.7 Å². The first kappa shape index (κ1) is 22.3. The van der Waals surface area contributed by atoms with Crippen molar-refractivity contribution in [3.63, 3.8) is 0 Å². The largest absolute Gasteiger partial charge is 0.470 e. The van der Waals surface area contributed by atoms with Crippen LogP contribution >= 0.6 is 0 Å². The Morgan fingerprint density at radius 3 is 2.89 bits per heavy atom. The quantitative estimate of drug-likeness (QED) is 0.566. The predicted molar refractivity (Wildman–Crippen MR) is 125 cm³/mol. The van der Waals surface area contributed by atoms with Gasteiger partial charge in [-0.2, -0.15) is 4.68 Å². The van der Waals surface area contributed by atoms with Crippen LogP contribution in [-0.2, 0) is 22.7 Å². The molecule has 1 unspecified atom stereocenters. The Balaban J connectivity index is 1.23. The average Bonchev–Trinajstić information content (AvgIpc) is 3.59. The minimum absolute atomic E-state index is 0.0539. The summed E-state index contributed by atoms with van der Waals surface area (Å²) in [6.07, 6.45) is 8.28. The number of ether oxygens (including phenoxy) is 2. The Hall–Kier alpha value is -4.16. The molecule has 3 aliphatic rings. The maximum Gasteiger partial charge on any atom is 0.255 e. The lowest BCUT2D eigenvalue weighted by molar-refractivity contribution is 0.0302. The van der Waals surface area contributed by atoms with Gasteiger partial charge in [0.15, 0.2) is 17.3 Å². The van der Waals surface area contributed by atoms with Gasteiger partial charge >= 0.3 is 0 Å². The van der Waals surface area contributed by atoms with Crippen molar-refractivity contribution in [2.45, 2.75) is 25.6 Å². The van der Waals surface area contributed by atoms with Crippen molar-refractivity contribution in [2.75, 3.05) is 26.3 Å². The minimum Gasteiger partial charge on any atom is -0.470 e. The first-order chi connectivity index (χ1) is 17.7. The second-order valence-corrected chi connectivity index (χ2v) is 8.51. The van der Waals surface area contributed by atoms with Crippen LogP contribution in [0.25, 0.3) is 11.5 Å². The van der Waals surface area contributed by atoms with Crippen LogP contribution < -0.4 is 0 Å². The lowest BCUT2D eigenvalue weighted by Crippen LogP contribution is -2.40. The van der Waals surface area contributed by atoms with E-state index in [-0.39, 0.29) is 25.0 Å². The fraction of sp³-hybridized carbons (Fsp3) is 0.333. The van der Waals surface area contributed by atoms with E-state index in [1.807, 2.05) is 12.2 Å². The van der Waals surface area contributed by atoms with Crippen molar-refractivity contribution in [3.05, 3.63) is 71.0 Å². The molecule has 5 heterocycles. The summed E-state index contributed by atoms with van der Waals surface area (Å²) in [7, 11) is 0. The number of aromatic nitrogens is 5. The molecule has 12 heteroatoms. The number of hydrogen-bond acceptors (Lipinski definition) is 10. The summed E-state index contributed by atoms with van der Waals surface area (Å²) in [5, 5.41) is 26.5. The lowest BCUT2D eigenvalue weighted by Gasteiger charge is -2.27. The molecular formula is C24H23N7O5. The zero-order valence-electron chi connectivity index (χ0n) is 19.3. The van der Waals surface area contributed by atoms with Gasteiger partial charge in [-0.05, 0) is 18.6 Å². The highest BCUT2D eigenvalue weighted by molar-refractivity contribution is 5.96. The van der Waals surface area contributed by atoms with Crippen molar-refractivity contribution in [1.82, 2.24) is 29.9 Å². The van der Waals surface area contributed by atoms with Crippen LogP contribution in [0.1, 0.15) is 40.0 Å². The first-order valence-corrected chi connectivity index (χ1v) is 11.6. The number of aliphatic hydroxyl groups excluding tert-OH is 1. The third kappa shape index (κ3) is 4.10. The van der Waals surface area contributed by atoms with Gasteiger partial charge in [0.05, 0.1) is 30.4 Å². The van der Waals surface area contributed by atoms with E-state index in [0.717, 1.165) is 12.0 Å². The molecule has 2 aliphatic heterocycles. The fourth-order valence-corrected chi connectivity index (χ4v) is 4.34. The summed E-state index contributed by atoms with van der Waals surface area (Å²) in [5.74, 6) is 1.69. The Bertz CT molecular complexity index is 1370. The number of carbonyl (C=O) groups excluding carboxylic acids is 1. The normalized spacial score (nSPS) is 18.8. The van der Waals surface area contributed by atoms with E-state index < -0.39 is 0 Å². The number of morpholine rings is 1. The molecule has 6 rings (SSSR count). The monoisotopic (exact) mass is 489 g/mol. The number of amides is 1. The number of nitrogens with zero attached hydrogens (tertiary/aromatic N) is 7. The molecule has 1 aliphatic carbocycles. The SMILES string of the molecule is O=C(c1ccc(COC2=Nn3c(-c4cc(CO)on4)nnc3C3CC=CC=C23)nc1)N1CCOCC1. The summed E-state index contributed by atoms with van der Waals surface area (Å²) < 4.78 is 18.1. The van der Waals surface area contributed by atoms with E-state index in [1.165, 1.54) is 0 Å². The minimum atomic E-state index is -0.268. The molecule has 0 spiro atoms. The van der Waals surface area contributed by atoms with Gasteiger partial charge in [-0.15, -0.1) is 15.3 Å². The standard InChI is InChI=1S/C24H23N7O5/c32-13-17-11-20(29-36-17)22-27-26-21-18-3-1-2-4-19(18)23(28-31(21)22)35-14-16-6-5-15(12-25-16)24(33)30-7-9-34-10-8-30/h1-2,4-6,11-12,18,32H,3,7-10,13-14H2. The van der Waals surface area contributed by atoms with E-state index in [2.05, 4.69) is 31.5 Å². The number of hydrogen-bond donors (Lipinski definition) is 1. The smallest absolute Gasteiger partial charge is 0.255 e. The fourth-order valence-electron chi connectivity index (χ4n) is 4.34. The molecule has 0 aromatic carbocycles. The number of rotatable bonds is 5. The van der Waals surface area contributed by atoms with Crippen molar-refractivity contribution < 1.29 is 23.9 Å². The molecular weight excluding hydrogens is 466 g/mol. The zero-order chi connectivity index (χ0) is 24.5. The van der Waals surface area contributed by atoms with E-state index in [9.17, 15) is 9.90 Å². The lowest BCUT2D eigenvalue weighted by atomic mass is 9.90. The van der Waals surface area contributed by atoms with Gasteiger partial charge in [0, 0.05) is 30.9 Å². The summed E-state index contributed by atoms with van der Waals surface area (Å²) in [6, 6.07) is 5.14. The molecule has 184 valence electrons. The van der Waals surface area contributed by atoms with Crippen molar-refractivity contribution in [2.24, 2.45) is 5.10 Å². The van der Waals surface area contributed by atoms with Crippen LogP contribution in [-0.4, -0.2) is 73.1 Å². The van der Waals surface area contributed by atoms with Gasteiger partial charge in [0.25, 0.3) is 5.91 Å². The van der Waals surface area contributed by atoms with Crippen molar-refractivity contribution >= 4 is 11.8 Å². The topological polar surface area (TPSA) is 141 Å². The average molecular weight is 489 g/mol. The summed E-state index contributed by atoms with van der Waals surface area (Å²) in [5.41, 5.74) is 2.52. The van der Waals surface area contributed by atoms with E-state index in [1.54, 1.807) is 34.0 Å². The van der Waals surface area contributed by atoms with Crippen LogP contribution in [0.5, 0.6) is 0 Å². The first-order valence-electron chi connectivity index (χ1n) is 11.6. The van der Waals surface area contributed by atoms with Crippen molar-refractivity contribution in [3.8, 4) is 11.5 Å². The summed E-state index contributed by atoms with van der Waals surface area (Å²) in [6.45, 7) is 2.16. The Morgan fingerprint density at radius 1 is 1.22 bits per heavy atom. The Labute approximate surface area is 205 Å². The number of pyridine rings is 1. The molecule has 1 fully saturated rings. The summed E-state index contributed by atoms with van der Waals surface area (Å²) in [4.78, 5) is 18.9. The number of aliphatic hydroxyl groups is 1. The maximum absolute atomic E-state index is 12.7. The highest BCUT2D eigenvalue weighted by Crippen LogP contribution is 2.36. The number of fused-ring (bicyclic) bond motifs is 3. The van der Waals surface area contributed by atoms with Gasteiger partial charge in [0.1, 0.15) is 13.2 Å². The van der Waals surface area contributed by atoms with Gasteiger partial charge in [-0.25, -0.2) is 0 Å². The van der Waals surface area contributed by atoms with Gasteiger partial charge < -0.3 is 24.0 Å². The van der Waals surface area contributed by atoms with Crippen LogP contribution in [0, 0.1) is 0 Å². The highest BCUT2D eigenvalue weighted by Gasteiger charge is 2.34. The van der Waals surface area contributed by atoms with Crippen LogP contribution in [0.2, 0.25) is 0 Å². The second-order valence-electron chi connectivity index (χ2n) is 8.51. The number of allylic oxidation sites excluding steroid dienone is 3. The Morgan fingerprint density at radius 2 is 2.11 bits per heavy atom. The summed E-state index contributed by atoms with van der Waals surface area (Å²) >= 11 is 0. The molecule has 36 heavy (non-hydrogen) atoms. The second kappa shape index (κ2) is 9.47. The van der Waals surface area contributed by atoms with E-state index in [4.69, 9.17) is 14.0 Å². The molecule has 0 saturated carbocycles. The molecule has 0 radical (unpaired) electrons. The van der Waals surface area contributed by atoms with E-state index >= 15 is 0 Å². The van der Waals surface area contributed by atoms with Crippen LogP contribution in [0.3, 0.4) is 0 Å².